The zero-order chi connectivity index (χ0) is 11.4. The Balaban J connectivity index is 2.54. The molecule has 1 aromatic heterocycles. The number of rotatable bonds is 4. The van der Waals surface area contributed by atoms with Crippen molar-refractivity contribution in [1.29, 1.82) is 0 Å². The van der Waals surface area contributed by atoms with E-state index in [0.29, 0.717) is 0 Å². The van der Waals surface area contributed by atoms with Gasteiger partial charge in [0.15, 0.2) is 0 Å². The maximum Gasteiger partial charge on any atom is 0.0749 e. The number of pyridine rings is 1. The van der Waals surface area contributed by atoms with E-state index in [4.69, 9.17) is 0 Å². The molecule has 1 N–H and O–H groups in total. The van der Waals surface area contributed by atoms with Gasteiger partial charge in [0.1, 0.15) is 0 Å². The summed E-state index contributed by atoms with van der Waals surface area (Å²) in [5.74, 6) is 0. The molecule has 2 aromatic rings. The number of para-hydroxylation sites is 1. The van der Waals surface area contributed by atoms with Crippen LogP contribution >= 0.6 is 0 Å². The number of nitrogens with zero attached hydrogens (tertiary/aromatic N) is 1. The lowest BCUT2D eigenvalue weighted by Gasteiger charge is -2.16. The molecule has 0 radical (unpaired) electrons. The monoisotopic (exact) mass is 212 g/mol. The van der Waals surface area contributed by atoms with Gasteiger partial charge in [0.25, 0.3) is 0 Å². The van der Waals surface area contributed by atoms with E-state index in [1.165, 1.54) is 10.9 Å². The highest BCUT2D eigenvalue weighted by atomic mass is 14.9. The zero-order valence-corrected chi connectivity index (χ0v) is 9.48. The summed E-state index contributed by atoms with van der Waals surface area (Å²) in [7, 11) is 1.97. The quantitative estimate of drug-likeness (QED) is 0.788. The van der Waals surface area contributed by atoms with Crippen LogP contribution in [-0.4, -0.2) is 12.0 Å². The minimum absolute atomic E-state index is 0.288. The topological polar surface area (TPSA) is 24.9 Å². The molecule has 1 atom stereocenters. The highest BCUT2D eigenvalue weighted by molar-refractivity contribution is 5.82. The van der Waals surface area contributed by atoms with E-state index in [-0.39, 0.29) is 6.04 Å². The van der Waals surface area contributed by atoms with Crippen molar-refractivity contribution in [2.24, 2.45) is 0 Å². The summed E-state index contributed by atoms with van der Waals surface area (Å²) in [5.41, 5.74) is 2.31. The summed E-state index contributed by atoms with van der Waals surface area (Å²) in [6.45, 7) is 3.79. The first kappa shape index (κ1) is 10.8. The second-order valence-corrected chi connectivity index (χ2v) is 3.79. The molecule has 0 aliphatic rings. The van der Waals surface area contributed by atoms with Crippen LogP contribution in [0.15, 0.2) is 49.2 Å². The van der Waals surface area contributed by atoms with Crippen molar-refractivity contribution in [1.82, 2.24) is 10.3 Å². The van der Waals surface area contributed by atoms with Crippen LogP contribution in [-0.2, 0) is 0 Å². The molecule has 2 rings (SSSR count). The van der Waals surface area contributed by atoms with Crippen molar-refractivity contribution in [2.45, 2.75) is 12.5 Å². The molecule has 0 aliphatic heterocycles. The third kappa shape index (κ3) is 1.97. The van der Waals surface area contributed by atoms with E-state index in [9.17, 15) is 0 Å². The summed E-state index contributed by atoms with van der Waals surface area (Å²) in [6.07, 6.45) is 4.68. The molecule has 0 saturated heterocycles. The summed E-state index contributed by atoms with van der Waals surface area (Å²) in [6, 6.07) is 10.6. The summed E-state index contributed by atoms with van der Waals surface area (Å²) in [5, 5.41) is 4.48. The molecule has 1 aromatic carbocycles. The maximum absolute atomic E-state index is 4.46. The van der Waals surface area contributed by atoms with Crippen LogP contribution in [0.2, 0.25) is 0 Å². The molecule has 2 heteroatoms. The van der Waals surface area contributed by atoms with E-state index in [1.807, 2.05) is 25.4 Å². The Labute approximate surface area is 96.0 Å². The fraction of sp³-hybridized carbons (Fsp3) is 0.214. The number of benzene rings is 1. The smallest absolute Gasteiger partial charge is 0.0749 e. The second-order valence-electron chi connectivity index (χ2n) is 3.79. The highest BCUT2D eigenvalue weighted by Gasteiger charge is 2.10. The van der Waals surface area contributed by atoms with E-state index >= 15 is 0 Å². The summed E-state index contributed by atoms with van der Waals surface area (Å²) >= 11 is 0. The summed E-state index contributed by atoms with van der Waals surface area (Å²) < 4.78 is 0. The lowest BCUT2D eigenvalue weighted by molar-refractivity contribution is 0.607. The normalized spacial score (nSPS) is 12.6. The molecule has 1 unspecified atom stereocenters. The Morgan fingerprint density at radius 3 is 2.94 bits per heavy atom. The van der Waals surface area contributed by atoms with Crippen LogP contribution in [0.3, 0.4) is 0 Å². The average Bonchev–Trinajstić information content (AvgIpc) is 2.35. The number of hydrogen-bond acceptors (Lipinski definition) is 2. The van der Waals surface area contributed by atoms with Crippen molar-refractivity contribution in [3.05, 3.63) is 54.7 Å². The van der Waals surface area contributed by atoms with E-state index in [1.54, 1.807) is 0 Å². The largest absolute Gasteiger partial charge is 0.313 e. The molecule has 82 valence electrons. The van der Waals surface area contributed by atoms with Crippen LogP contribution in [0, 0.1) is 0 Å². The van der Waals surface area contributed by atoms with Gasteiger partial charge in [0.05, 0.1) is 5.52 Å². The maximum atomic E-state index is 4.46. The first-order chi connectivity index (χ1) is 7.86. The number of nitrogens with one attached hydrogen (secondary N) is 1. The van der Waals surface area contributed by atoms with Crippen LogP contribution in [0.25, 0.3) is 10.9 Å². The lowest BCUT2D eigenvalue weighted by Crippen LogP contribution is -2.16. The van der Waals surface area contributed by atoms with Crippen molar-refractivity contribution < 1.29 is 0 Å². The molecule has 0 aliphatic carbocycles. The van der Waals surface area contributed by atoms with Crippen LogP contribution in [0.1, 0.15) is 18.0 Å². The van der Waals surface area contributed by atoms with Crippen molar-refractivity contribution in [2.75, 3.05) is 7.05 Å². The zero-order valence-electron chi connectivity index (χ0n) is 9.48. The van der Waals surface area contributed by atoms with Gasteiger partial charge in [-0.05, 0) is 25.1 Å². The Hall–Kier alpha value is -1.67. The first-order valence-corrected chi connectivity index (χ1v) is 5.48. The molecule has 1 heterocycles. The fourth-order valence-corrected chi connectivity index (χ4v) is 1.98. The Kier molecular flexibility index (Phi) is 3.32. The predicted molar refractivity (Wildman–Crippen MR) is 68.4 cm³/mol. The van der Waals surface area contributed by atoms with Crippen LogP contribution in [0.4, 0.5) is 0 Å². The molecule has 2 nitrogen and oxygen atoms in total. The van der Waals surface area contributed by atoms with Gasteiger partial charge in [-0.3, -0.25) is 4.98 Å². The fourth-order valence-electron chi connectivity index (χ4n) is 1.98. The average molecular weight is 212 g/mol. The standard InChI is InChI=1S/C14H16N2/c1-3-6-13(15-2)12-9-4-7-11-8-5-10-16-14(11)12/h3-5,7-10,13,15H,1,6H2,2H3. The van der Waals surface area contributed by atoms with Crippen molar-refractivity contribution in [3.63, 3.8) is 0 Å². The number of fused-ring (bicyclic) bond motifs is 1. The third-order valence-corrected chi connectivity index (χ3v) is 2.79. The molecule has 0 spiro atoms. The molecule has 0 saturated carbocycles. The Morgan fingerprint density at radius 1 is 1.38 bits per heavy atom. The van der Waals surface area contributed by atoms with Crippen molar-refractivity contribution in [3.8, 4) is 0 Å². The predicted octanol–water partition coefficient (Wildman–Crippen LogP) is 3.07. The Bertz CT molecular complexity index is 486. The minimum atomic E-state index is 0.288. The van der Waals surface area contributed by atoms with Crippen molar-refractivity contribution >= 4 is 10.9 Å². The molecular weight excluding hydrogens is 196 g/mol. The van der Waals surface area contributed by atoms with E-state index in [2.05, 4.69) is 41.1 Å². The Morgan fingerprint density at radius 2 is 2.19 bits per heavy atom. The summed E-state index contributed by atoms with van der Waals surface area (Å²) in [4.78, 5) is 4.46. The molecule has 0 amide bonds. The van der Waals surface area contributed by atoms with Gasteiger partial charge in [-0.1, -0.05) is 30.3 Å². The highest BCUT2D eigenvalue weighted by Crippen LogP contribution is 2.24. The lowest BCUT2D eigenvalue weighted by atomic mass is 10.0. The van der Waals surface area contributed by atoms with Gasteiger partial charge < -0.3 is 5.32 Å². The molecular formula is C14H16N2. The third-order valence-electron chi connectivity index (χ3n) is 2.79. The minimum Gasteiger partial charge on any atom is -0.313 e. The van der Waals surface area contributed by atoms with Gasteiger partial charge in [0, 0.05) is 17.6 Å². The number of aromatic nitrogens is 1. The SMILES string of the molecule is C=CCC(NC)c1cccc2cccnc12. The second kappa shape index (κ2) is 4.90. The van der Waals surface area contributed by atoms with E-state index < -0.39 is 0 Å². The van der Waals surface area contributed by atoms with Gasteiger partial charge in [0.2, 0.25) is 0 Å². The number of hydrogen-bond donors (Lipinski definition) is 1. The first-order valence-electron chi connectivity index (χ1n) is 5.48. The van der Waals surface area contributed by atoms with Crippen LogP contribution in [0.5, 0.6) is 0 Å². The molecule has 16 heavy (non-hydrogen) atoms. The van der Waals surface area contributed by atoms with Gasteiger partial charge >= 0.3 is 0 Å². The van der Waals surface area contributed by atoms with Gasteiger partial charge in [-0.25, -0.2) is 0 Å². The van der Waals surface area contributed by atoms with Gasteiger partial charge in [-0.15, -0.1) is 6.58 Å². The van der Waals surface area contributed by atoms with Gasteiger partial charge in [-0.2, -0.15) is 0 Å². The molecule has 0 bridgehead atoms. The molecule has 0 fully saturated rings. The van der Waals surface area contributed by atoms with E-state index in [0.717, 1.165) is 11.9 Å². The van der Waals surface area contributed by atoms with Crippen LogP contribution < -0.4 is 5.32 Å².